The predicted molar refractivity (Wildman–Crippen MR) is 99.6 cm³/mol. The summed E-state index contributed by atoms with van der Waals surface area (Å²) in [5, 5.41) is 0. The maximum Gasteiger partial charge on any atom is 0.312 e. The number of fused-ring (bicyclic) bond motifs is 1. The van der Waals surface area contributed by atoms with Gasteiger partial charge in [0, 0.05) is 5.69 Å². The summed E-state index contributed by atoms with van der Waals surface area (Å²) in [5.74, 6) is -0.755. The topological polar surface area (TPSA) is 65.1 Å². The molecule has 1 aromatic carbocycles. The molecule has 1 amide bonds. The molecule has 1 aromatic rings. The van der Waals surface area contributed by atoms with Crippen LogP contribution < -0.4 is 9.64 Å². The van der Waals surface area contributed by atoms with Crippen molar-refractivity contribution in [2.75, 3.05) is 25.2 Å². The Labute approximate surface area is 159 Å². The molecular weight excluding hydrogens is 346 g/mol. The lowest BCUT2D eigenvalue weighted by atomic mass is 9.77. The summed E-state index contributed by atoms with van der Waals surface area (Å²) in [6.45, 7) is 2.91. The highest BCUT2D eigenvalue weighted by molar-refractivity contribution is 6.02. The number of benzene rings is 1. The predicted octanol–water partition coefficient (Wildman–Crippen LogP) is 2.72. The van der Waals surface area contributed by atoms with Crippen molar-refractivity contribution >= 4 is 17.6 Å². The molecule has 27 heavy (non-hydrogen) atoms. The molecule has 2 fully saturated rings. The zero-order valence-electron chi connectivity index (χ0n) is 15.7. The van der Waals surface area contributed by atoms with Gasteiger partial charge in [0.15, 0.2) is 0 Å². The highest BCUT2D eigenvalue weighted by Gasteiger charge is 2.67. The highest BCUT2D eigenvalue weighted by atomic mass is 16.6. The van der Waals surface area contributed by atoms with Crippen LogP contribution in [0.4, 0.5) is 5.69 Å². The Morgan fingerprint density at radius 1 is 1.30 bits per heavy atom. The van der Waals surface area contributed by atoms with Crippen LogP contribution in [0.3, 0.4) is 0 Å². The summed E-state index contributed by atoms with van der Waals surface area (Å²) in [6, 6.07) is 7.34. The monoisotopic (exact) mass is 371 g/mol. The van der Waals surface area contributed by atoms with Crippen molar-refractivity contribution in [3.05, 3.63) is 36.4 Å². The van der Waals surface area contributed by atoms with Gasteiger partial charge < -0.3 is 19.1 Å². The van der Waals surface area contributed by atoms with Crippen LogP contribution in [0.15, 0.2) is 36.4 Å². The van der Waals surface area contributed by atoms with E-state index in [-0.39, 0.29) is 18.0 Å². The Kier molecular flexibility index (Phi) is 4.68. The first-order valence-electron chi connectivity index (χ1n) is 9.59. The lowest BCUT2D eigenvalue weighted by molar-refractivity contribution is -0.152. The minimum absolute atomic E-state index is 0.0810. The van der Waals surface area contributed by atoms with E-state index in [1.165, 1.54) is 0 Å². The van der Waals surface area contributed by atoms with Crippen molar-refractivity contribution in [3.63, 3.8) is 0 Å². The van der Waals surface area contributed by atoms with Gasteiger partial charge in [-0.25, -0.2) is 0 Å². The summed E-state index contributed by atoms with van der Waals surface area (Å²) < 4.78 is 16.8. The van der Waals surface area contributed by atoms with Crippen molar-refractivity contribution < 1.29 is 23.8 Å². The van der Waals surface area contributed by atoms with E-state index in [1.807, 2.05) is 36.4 Å². The maximum atomic E-state index is 13.2. The molecule has 0 N–H and O–H groups in total. The molecule has 1 spiro atoms. The summed E-state index contributed by atoms with van der Waals surface area (Å²) in [5.41, 5.74) is 0.0505. The molecule has 6 nitrogen and oxygen atoms in total. The number of methoxy groups -OCH3 is 1. The van der Waals surface area contributed by atoms with E-state index in [4.69, 9.17) is 14.2 Å². The van der Waals surface area contributed by atoms with E-state index in [9.17, 15) is 9.59 Å². The Morgan fingerprint density at radius 2 is 2.07 bits per heavy atom. The molecule has 6 heteroatoms. The SMILES string of the molecule is CCCCCOC(=O)[C@H]1[C@@H]2C=C[C@@]3(CN(c4ccc(OC)cc4)C(=O)[C@H]13)O2. The van der Waals surface area contributed by atoms with Crippen LogP contribution in [0.2, 0.25) is 0 Å². The fourth-order valence-corrected chi connectivity index (χ4v) is 4.37. The van der Waals surface area contributed by atoms with Gasteiger partial charge in [-0.15, -0.1) is 0 Å². The molecule has 4 atom stereocenters. The van der Waals surface area contributed by atoms with Gasteiger partial charge in [-0.3, -0.25) is 9.59 Å². The van der Waals surface area contributed by atoms with Crippen LogP contribution in [0.5, 0.6) is 5.75 Å². The number of amides is 1. The molecule has 3 aliphatic rings. The van der Waals surface area contributed by atoms with Crippen molar-refractivity contribution in [1.82, 2.24) is 0 Å². The third-order valence-corrected chi connectivity index (χ3v) is 5.75. The second-order valence-electron chi connectivity index (χ2n) is 7.40. The number of carbonyl (C=O) groups excluding carboxylic acids is 2. The van der Waals surface area contributed by atoms with Crippen molar-refractivity contribution in [2.24, 2.45) is 11.8 Å². The van der Waals surface area contributed by atoms with E-state index >= 15 is 0 Å². The van der Waals surface area contributed by atoms with Crippen LogP contribution in [-0.2, 0) is 19.1 Å². The number of hydrogen-bond donors (Lipinski definition) is 0. The van der Waals surface area contributed by atoms with E-state index in [0.717, 1.165) is 30.7 Å². The lowest BCUT2D eigenvalue weighted by Gasteiger charge is -2.22. The molecule has 2 bridgehead atoms. The van der Waals surface area contributed by atoms with Crippen molar-refractivity contribution in [1.29, 1.82) is 0 Å². The highest BCUT2D eigenvalue weighted by Crippen LogP contribution is 2.52. The fraction of sp³-hybridized carbons (Fsp3) is 0.524. The average molecular weight is 371 g/mol. The van der Waals surface area contributed by atoms with E-state index < -0.39 is 17.4 Å². The van der Waals surface area contributed by atoms with Gasteiger partial charge in [0.05, 0.1) is 32.3 Å². The molecule has 144 valence electrons. The first-order chi connectivity index (χ1) is 13.1. The Morgan fingerprint density at radius 3 is 2.78 bits per heavy atom. The van der Waals surface area contributed by atoms with Crippen LogP contribution in [0.1, 0.15) is 26.2 Å². The fourth-order valence-electron chi connectivity index (χ4n) is 4.37. The molecule has 0 unspecified atom stereocenters. The van der Waals surface area contributed by atoms with Gasteiger partial charge in [0.1, 0.15) is 17.3 Å². The molecule has 3 heterocycles. The first-order valence-corrected chi connectivity index (χ1v) is 9.59. The van der Waals surface area contributed by atoms with E-state index in [0.29, 0.717) is 13.2 Å². The van der Waals surface area contributed by atoms with Gasteiger partial charge in [-0.05, 0) is 30.7 Å². The zero-order valence-corrected chi connectivity index (χ0v) is 15.7. The lowest BCUT2D eigenvalue weighted by Crippen LogP contribution is -2.40. The zero-order chi connectivity index (χ0) is 19.0. The summed E-state index contributed by atoms with van der Waals surface area (Å²) in [6.07, 6.45) is 6.42. The third kappa shape index (κ3) is 2.92. The Balaban J connectivity index is 1.52. The van der Waals surface area contributed by atoms with Gasteiger partial charge >= 0.3 is 5.97 Å². The standard InChI is InChI=1S/C21H25NO5/c1-3-4-5-12-26-20(24)17-16-10-11-21(27-16)13-22(19(23)18(17)21)14-6-8-15(25-2)9-7-14/h6-11,16-18H,3-5,12-13H2,1-2H3/t16-,17-,18-,21-/m0/s1. The smallest absolute Gasteiger partial charge is 0.312 e. The van der Waals surface area contributed by atoms with Crippen molar-refractivity contribution in [2.45, 2.75) is 37.9 Å². The molecule has 4 rings (SSSR count). The Bertz CT molecular complexity index is 758. The van der Waals surface area contributed by atoms with E-state index in [1.54, 1.807) is 12.0 Å². The van der Waals surface area contributed by atoms with E-state index in [2.05, 4.69) is 6.92 Å². The molecule has 0 radical (unpaired) electrons. The van der Waals surface area contributed by atoms with Gasteiger partial charge in [0.2, 0.25) is 5.91 Å². The summed E-state index contributed by atoms with van der Waals surface area (Å²) in [7, 11) is 1.60. The van der Waals surface area contributed by atoms with Crippen LogP contribution in [0, 0.1) is 11.8 Å². The number of ether oxygens (including phenoxy) is 3. The van der Waals surface area contributed by atoms with Crippen LogP contribution in [-0.4, -0.2) is 43.8 Å². The Hall–Kier alpha value is -2.34. The number of esters is 1. The number of carbonyl (C=O) groups is 2. The number of hydrogen-bond acceptors (Lipinski definition) is 5. The van der Waals surface area contributed by atoms with Gasteiger partial charge in [0.25, 0.3) is 0 Å². The number of unbranched alkanes of at least 4 members (excludes halogenated alkanes) is 2. The molecular formula is C21H25NO5. The van der Waals surface area contributed by atoms with Gasteiger partial charge in [-0.2, -0.15) is 0 Å². The minimum Gasteiger partial charge on any atom is -0.497 e. The minimum atomic E-state index is -0.727. The average Bonchev–Trinajstić information content (AvgIpc) is 3.33. The molecule has 0 saturated carbocycles. The number of rotatable bonds is 7. The van der Waals surface area contributed by atoms with Crippen LogP contribution in [0.25, 0.3) is 0 Å². The normalized spacial score (nSPS) is 30.7. The maximum absolute atomic E-state index is 13.2. The summed E-state index contributed by atoms with van der Waals surface area (Å²) >= 11 is 0. The molecule has 0 aliphatic carbocycles. The summed E-state index contributed by atoms with van der Waals surface area (Å²) in [4.78, 5) is 27.6. The number of anilines is 1. The molecule has 3 aliphatic heterocycles. The molecule has 2 saturated heterocycles. The second kappa shape index (κ2) is 7.00. The van der Waals surface area contributed by atoms with Crippen molar-refractivity contribution in [3.8, 4) is 5.75 Å². The number of nitrogens with zero attached hydrogens (tertiary/aromatic N) is 1. The second-order valence-corrected chi connectivity index (χ2v) is 7.40. The van der Waals surface area contributed by atoms with Gasteiger partial charge in [-0.1, -0.05) is 31.9 Å². The van der Waals surface area contributed by atoms with Crippen LogP contribution >= 0.6 is 0 Å². The largest absolute Gasteiger partial charge is 0.497 e. The third-order valence-electron chi connectivity index (χ3n) is 5.75. The quantitative estimate of drug-likeness (QED) is 0.419. The molecule has 0 aromatic heterocycles. The first kappa shape index (κ1) is 18.0.